The van der Waals surface area contributed by atoms with Gasteiger partial charge < -0.3 is 49.3 Å². The van der Waals surface area contributed by atoms with Crippen LogP contribution in [0.15, 0.2) is 55.0 Å². The Morgan fingerprint density at radius 1 is 0.822 bits per heavy atom. The molecule has 8 heterocycles. The molecule has 1 aliphatic carbocycles. The molecule has 18 nitrogen and oxygen atoms in total. The highest BCUT2D eigenvalue weighted by Crippen LogP contribution is 2.50. The first-order valence-corrected chi connectivity index (χ1v) is 26.2. The van der Waals surface area contributed by atoms with E-state index in [1.54, 1.807) is 28.6 Å². The van der Waals surface area contributed by atoms with Gasteiger partial charge in [0.1, 0.15) is 35.3 Å². The summed E-state index contributed by atoms with van der Waals surface area (Å²) in [6.45, 7) is 9.27. The van der Waals surface area contributed by atoms with Crippen molar-refractivity contribution in [2.45, 2.75) is 121 Å². The first-order valence-electron chi connectivity index (χ1n) is 25.3. The Hall–Kier alpha value is -6.80. The van der Waals surface area contributed by atoms with Crippen LogP contribution in [0.25, 0.3) is 44.7 Å². The molecule has 4 fully saturated rings. The van der Waals surface area contributed by atoms with Crippen LogP contribution in [0.1, 0.15) is 125 Å². The number of likely N-dealkylation sites (tertiary alicyclic amines) is 2. The monoisotopic (exact) mass is 1020 g/mol. The summed E-state index contributed by atoms with van der Waals surface area (Å²) in [4.78, 5) is 78.8. The second kappa shape index (κ2) is 19.2. The Balaban J connectivity index is 0.893. The molecule has 4 N–H and O–H groups in total. The summed E-state index contributed by atoms with van der Waals surface area (Å²) in [6.07, 6.45) is 9.73. The van der Waals surface area contributed by atoms with E-state index in [4.69, 9.17) is 33.9 Å². The number of alkyl carbamates (subject to hydrolysis) is 2. The number of benzene rings is 2. The normalized spacial score (nSPS) is 22.1. The molecule has 3 saturated heterocycles. The smallest absolute Gasteiger partial charge is 0.407 e. The van der Waals surface area contributed by atoms with Crippen LogP contribution in [0.2, 0.25) is 0 Å². The van der Waals surface area contributed by atoms with Gasteiger partial charge >= 0.3 is 12.2 Å². The van der Waals surface area contributed by atoms with Crippen LogP contribution in [0.4, 0.5) is 14.0 Å². The number of rotatable bonds is 12. The lowest BCUT2D eigenvalue weighted by Crippen LogP contribution is -2.54. The summed E-state index contributed by atoms with van der Waals surface area (Å²) >= 11 is 1.62. The number of nitrogens with zero attached hydrogens (tertiary/aromatic N) is 6. The van der Waals surface area contributed by atoms with Gasteiger partial charge in [0.05, 0.1) is 82.3 Å². The molecule has 0 bridgehead atoms. The van der Waals surface area contributed by atoms with Gasteiger partial charge in [-0.3, -0.25) is 14.2 Å². The highest BCUT2D eigenvalue weighted by Gasteiger charge is 2.44. The van der Waals surface area contributed by atoms with E-state index in [2.05, 4.69) is 26.7 Å². The zero-order valence-electron chi connectivity index (χ0n) is 41.8. The maximum absolute atomic E-state index is 17.0. The summed E-state index contributed by atoms with van der Waals surface area (Å²) in [7, 11) is 2.57. The van der Waals surface area contributed by atoms with Crippen molar-refractivity contribution in [3.8, 4) is 39.5 Å². The molecule has 20 heteroatoms. The van der Waals surface area contributed by atoms with E-state index in [9.17, 15) is 19.2 Å². The minimum Gasteiger partial charge on any atom is -0.464 e. The number of carbonyl (C=O) groups is 4. The fourth-order valence-electron chi connectivity index (χ4n) is 11.3. The number of aromatic nitrogens is 6. The van der Waals surface area contributed by atoms with Gasteiger partial charge in [0.25, 0.3) is 0 Å². The first kappa shape index (κ1) is 48.5. The Kier molecular flexibility index (Phi) is 12.8. The van der Waals surface area contributed by atoms with E-state index < -0.39 is 41.9 Å². The number of hydrogen-bond acceptors (Lipinski definition) is 12. The van der Waals surface area contributed by atoms with Crippen molar-refractivity contribution in [2.75, 3.05) is 33.9 Å². The zero-order chi connectivity index (χ0) is 50.9. The third-order valence-electron chi connectivity index (χ3n) is 15.2. The van der Waals surface area contributed by atoms with E-state index in [0.717, 1.165) is 57.7 Å². The number of amides is 4. The van der Waals surface area contributed by atoms with Crippen molar-refractivity contribution in [1.82, 2.24) is 49.9 Å². The van der Waals surface area contributed by atoms with Crippen molar-refractivity contribution in [3.05, 3.63) is 82.3 Å². The molecule has 4 aliphatic heterocycles. The number of fused-ring (bicyclic) bond motifs is 5. The Bertz CT molecular complexity index is 3100. The molecule has 0 radical (unpaired) electrons. The van der Waals surface area contributed by atoms with Gasteiger partial charge in [-0.15, -0.1) is 11.3 Å². The average Bonchev–Trinajstić information content (AvgIpc) is 4.11. The maximum Gasteiger partial charge on any atom is 0.407 e. The molecule has 3 unspecified atom stereocenters. The second-order valence-electron chi connectivity index (χ2n) is 20.9. The molecule has 6 aromatic rings. The van der Waals surface area contributed by atoms with Crippen molar-refractivity contribution >= 4 is 46.2 Å². The first-order chi connectivity index (χ1) is 35.2. The minimum atomic E-state index is -0.777. The number of ether oxygens (including phenoxy) is 4. The predicted octanol–water partition coefficient (Wildman–Crippen LogP) is 9.14. The van der Waals surface area contributed by atoms with Crippen LogP contribution in [0.5, 0.6) is 5.75 Å². The van der Waals surface area contributed by atoms with Crippen molar-refractivity contribution < 1.29 is 42.5 Å². The SMILES string of the molecule is COC(=O)NC(C(=O)N1CCC[C@H]1c1ncc(-c2ccc3c(c2)cc2n3C(c3cnc(C4CC4)s3)Oc3cc(-c4cnc([C@@H]5CCCN5C(=O)[C@@H](NC(=O)OC)C(C)C)[nH]4)cc(F)c3-2)[nH]1)C1CCOC(C)(C)C1. The average molecular weight is 1020 g/mol. The number of hydrogen-bond donors (Lipinski definition) is 4. The van der Waals surface area contributed by atoms with Crippen molar-refractivity contribution in [1.29, 1.82) is 0 Å². The molecular formula is C53H61FN10O8S. The van der Waals surface area contributed by atoms with Crippen LogP contribution in [-0.2, 0) is 23.8 Å². The number of carbonyl (C=O) groups excluding carboxylic acids is 4. The maximum atomic E-state index is 17.0. The third-order valence-corrected chi connectivity index (χ3v) is 16.4. The number of halogens is 1. The molecule has 5 aliphatic rings. The van der Waals surface area contributed by atoms with Gasteiger partial charge in [0.2, 0.25) is 18.0 Å². The molecule has 6 atom stereocenters. The number of imidazole rings is 2. The van der Waals surface area contributed by atoms with E-state index in [1.807, 2.05) is 67.6 Å². The van der Waals surface area contributed by atoms with Crippen LogP contribution in [0, 0.1) is 17.7 Å². The molecule has 73 heavy (non-hydrogen) atoms. The fraction of sp³-hybridized carbons (Fsp3) is 0.491. The molecule has 2 aromatic carbocycles. The molecule has 384 valence electrons. The summed E-state index contributed by atoms with van der Waals surface area (Å²) < 4.78 is 41.6. The standard InChI is InChI=1S/C53H61FN10O8S/c1-27(2)43(60-51(67)69-5)48(65)62-16-7-9-37(62)46-56-25-35(59-46)31-20-33(54)42-39-21-32-19-29(13-14-36(32)64(39)50(72-40(42)22-31)41-26-57-47(73-41)28-11-12-28)34-24-55-45(58-34)38-10-8-17-63(38)49(66)44(61-52(68)70-6)30-15-18-71-53(3,4)23-30/h13-14,19-22,24-28,30,37-38,43-44,50H,7-12,15-18,23H2,1-6H3,(H,55,58)(H,56,59)(H,60,67)(H,61,68)/t30?,37-,38-,43-,44?,50?/m0/s1. The van der Waals surface area contributed by atoms with Crippen LogP contribution < -0.4 is 15.4 Å². The van der Waals surface area contributed by atoms with Crippen molar-refractivity contribution in [2.24, 2.45) is 11.8 Å². The predicted molar refractivity (Wildman–Crippen MR) is 269 cm³/mol. The van der Waals surface area contributed by atoms with E-state index in [-0.39, 0.29) is 35.7 Å². The topological polar surface area (TPSA) is 211 Å². The lowest BCUT2D eigenvalue weighted by atomic mass is 9.82. The van der Waals surface area contributed by atoms with Crippen LogP contribution in [0.3, 0.4) is 0 Å². The largest absolute Gasteiger partial charge is 0.464 e. The van der Waals surface area contributed by atoms with Gasteiger partial charge in [-0.25, -0.2) is 28.9 Å². The highest BCUT2D eigenvalue weighted by atomic mass is 32.1. The number of H-pyrrole nitrogens is 2. The lowest BCUT2D eigenvalue weighted by Gasteiger charge is -2.40. The molecule has 0 spiro atoms. The highest BCUT2D eigenvalue weighted by molar-refractivity contribution is 7.11. The molecule has 11 rings (SSSR count). The number of thiazole rings is 1. The van der Waals surface area contributed by atoms with Gasteiger partial charge in [-0.2, -0.15) is 0 Å². The van der Waals surface area contributed by atoms with Gasteiger partial charge in [-0.1, -0.05) is 19.9 Å². The lowest BCUT2D eigenvalue weighted by molar-refractivity contribution is -0.139. The number of aromatic amines is 2. The molecule has 4 amide bonds. The van der Waals surface area contributed by atoms with Crippen molar-refractivity contribution in [3.63, 3.8) is 0 Å². The third kappa shape index (κ3) is 9.21. The van der Waals surface area contributed by atoms with Gasteiger partial charge in [0, 0.05) is 48.3 Å². The Labute approximate surface area is 425 Å². The number of nitrogens with one attached hydrogen (secondary N) is 4. The summed E-state index contributed by atoms with van der Waals surface area (Å²) in [5, 5.41) is 7.48. The minimum absolute atomic E-state index is 0.131. The second-order valence-corrected chi connectivity index (χ2v) is 22.0. The molecule has 1 saturated carbocycles. The summed E-state index contributed by atoms with van der Waals surface area (Å²) in [6, 6.07) is 9.17. The van der Waals surface area contributed by atoms with Crippen LogP contribution in [-0.4, -0.2) is 115 Å². The summed E-state index contributed by atoms with van der Waals surface area (Å²) in [5.74, 6) is 0.874. The van der Waals surface area contributed by atoms with E-state index in [1.165, 1.54) is 20.3 Å². The van der Waals surface area contributed by atoms with E-state index in [0.29, 0.717) is 91.2 Å². The molecule has 4 aromatic heterocycles. The number of methoxy groups -OCH3 is 2. The fourth-order valence-corrected chi connectivity index (χ4v) is 12.5. The van der Waals surface area contributed by atoms with E-state index >= 15 is 4.39 Å². The zero-order valence-corrected chi connectivity index (χ0v) is 42.6. The molecular weight excluding hydrogens is 956 g/mol. The van der Waals surface area contributed by atoms with Crippen LogP contribution >= 0.6 is 11.3 Å². The Morgan fingerprint density at radius 2 is 1.49 bits per heavy atom. The quantitative estimate of drug-likeness (QED) is 0.0908. The summed E-state index contributed by atoms with van der Waals surface area (Å²) in [5.41, 5.74) is 4.13. The van der Waals surface area contributed by atoms with Gasteiger partial charge in [0.15, 0.2) is 0 Å². The Morgan fingerprint density at radius 3 is 2.15 bits per heavy atom. The van der Waals surface area contributed by atoms with Gasteiger partial charge in [-0.05, 0) is 107 Å².